The predicted molar refractivity (Wildman–Crippen MR) is 124 cm³/mol. The van der Waals surface area contributed by atoms with E-state index in [-0.39, 0.29) is 29.7 Å². The first-order valence-electron chi connectivity index (χ1n) is 12.2. The van der Waals surface area contributed by atoms with Crippen LogP contribution in [0.3, 0.4) is 0 Å². The number of aromatic hydroxyl groups is 1. The lowest BCUT2D eigenvalue weighted by atomic mass is 9.50. The average molecular weight is 549 g/mol. The van der Waals surface area contributed by atoms with Gasteiger partial charge in [-0.1, -0.05) is 6.07 Å². The van der Waals surface area contributed by atoms with Crippen LogP contribution in [0, 0.1) is 0 Å². The number of carboxylic acid groups (broad SMARTS) is 2. The highest BCUT2D eigenvalue weighted by Crippen LogP contribution is 2.65. The molecule has 5 rings (SSSR count). The van der Waals surface area contributed by atoms with Crippen LogP contribution in [0.4, 0.5) is 0 Å². The van der Waals surface area contributed by atoms with Gasteiger partial charge in [-0.3, -0.25) is 4.79 Å². The fraction of sp³-hybridized carbons (Fsp3) is 0.520. The van der Waals surface area contributed by atoms with Crippen molar-refractivity contribution in [3.05, 3.63) is 35.1 Å². The van der Waals surface area contributed by atoms with E-state index in [2.05, 4.69) is 4.74 Å². The van der Waals surface area contributed by atoms with Gasteiger partial charge in [0.15, 0.2) is 29.8 Å². The van der Waals surface area contributed by atoms with Crippen LogP contribution in [0.25, 0.3) is 0 Å². The topological polar surface area (TPSA) is 221 Å². The molecule has 2 aliphatic heterocycles. The first-order chi connectivity index (χ1) is 18.3. The molecule has 1 saturated heterocycles. The number of carboxylic acids is 2. The number of phenols is 1. The van der Waals surface area contributed by atoms with Gasteiger partial charge in [0.2, 0.25) is 6.10 Å². The number of aliphatic hydroxyl groups excluding tert-OH is 2. The van der Waals surface area contributed by atoms with E-state index in [0.29, 0.717) is 24.9 Å². The number of nitrogens with zero attached hydrogens (tertiary/aromatic N) is 1. The maximum Gasteiger partial charge on any atom is 0.345 e. The largest absolute Gasteiger partial charge is 0.504 e. The van der Waals surface area contributed by atoms with Gasteiger partial charge in [-0.05, 0) is 44.1 Å². The van der Waals surface area contributed by atoms with Crippen LogP contribution in [-0.2, 0) is 40.5 Å². The molecule has 2 heterocycles. The SMILES string of the molecule is CN1CC[C@]23c4c5ccc(O)c4O[C@H]2C(OC(=O)[C@H](O)[C@@H](O)C(=O)O[C@@H](CC(=O)O)C(=O)O)=CC[C@@]3(O)[C@H]1C5. The molecule has 39 heavy (non-hydrogen) atoms. The van der Waals surface area contributed by atoms with E-state index in [1.165, 1.54) is 12.1 Å². The van der Waals surface area contributed by atoms with Crippen molar-refractivity contribution in [3.63, 3.8) is 0 Å². The van der Waals surface area contributed by atoms with Crippen LogP contribution < -0.4 is 4.74 Å². The third-order valence-corrected chi connectivity index (χ3v) is 8.25. The minimum atomic E-state index is -2.59. The Bertz CT molecular complexity index is 1290. The fourth-order valence-electron chi connectivity index (χ4n) is 6.42. The molecule has 0 aromatic heterocycles. The standard InChI is InChI=1S/C25H27NO13/c1-26-7-6-24-16-10-2-3-11(27)19(16)39-20(24)12(4-5-25(24,36)14(26)8-10)37-22(34)17(30)18(31)23(35)38-13(21(32)33)9-15(28)29/h2-4,13-14,17-18,20,27,30-31,36H,5-9H2,1H3,(H,28,29)(H,32,33)/t13-,14+,17+,18+,20-,24-,25+/m0/s1. The van der Waals surface area contributed by atoms with Crippen molar-refractivity contribution in [1.82, 2.24) is 4.90 Å². The zero-order chi connectivity index (χ0) is 28.4. The van der Waals surface area contributed by atoms with Crippen LogP contribution in [0.1, 0.15) is 30.4 Å². The molecule has 6 N–H and O–H groups in total. The number of aliphatic carboxylic acids is 2. The summed E-state index contributed by atoms with van der Waals surface area (Å²) < 4.78 is 15.9. The van der Waals surface area contributed by atoms with E-state index in [9.17, 15) is 39.6 Å². The lowest BCUT2D eigenvalue weighted by molar-refractivity contribution is -0.184. The molecule has 0 unspecified atom stereocenters. The van der Waals surface area contributed by atoms with Crippen molar-refractivity contribution in [2.24, 2.45) is 0 Å². The Morgan fingerprint density at radius 2 is 1.85 bits per heavy atom. The van der Waals surface area contributed by atoms with E-state index < -0.39 is 65.7 Å². The Morgan fingerprint density at radius 1 is 1.15 bits per heavy atom. The van der Waals surface area contributed by atoms with Crippen molar-refractivity contribution in [2.75, 3.05) is 13.6 Å². The molecule has 1 fully saturated rings. The quantitative estimate of drug-likeness (QED) is 0.201. The van der Waals surface area contributed by atoms with E-state index in [4.69, 9.17) is 19.7 Å². The number of carbonyl (C=O) groups is 4. The summed E-state index contributed by atoms with van der Waals surface area (Å²) in [4.78, 5) is 48.9. The lowest BCUT2D eigenvalue weighted by Gasteiger charge is -2.61. The fourth-order valence-corrected chi connectivity index (χ4v) is 6.42. The summed E-state index contributed by atoms with van der Waals surface area (Å²) in [6.45, 7) is 0.566. The van der Waals surface area contributed by atoms with Gasteiger partial charge in [-0.25, -0.2) is 14.4 Å². The van der Waals surface area contributed by atoms with Gasteiger partial charge in [0.05, 0.1) is 17.4 Å². The highest BCUT2D eigenvalue weighted by atomic mass is 16.6. The average Bonchev–Trinajstić information content (AvgIpc) is 3.23. The number of rotatable bonds is 8. The van der Waals surface area contributed by atoms with E-state index in [0.717, 1.165) is 5.56 Å². The van der Waals surface area contributed by atoms with Gasteiger partial charge in [0.1, 0.15) is 5.76 Å². The third-order valence-electron chi connectivity index (χ3n) is 8.25. The van der Waals surface area contributed by atoms with Crippen molar-refractivity contribution >= 4 is 23.9 Å². The smallest absolute Gasteiger partial charge is 0.345 e. The first kappa shape index (κ1) is 26.9. The van der Waals surface area contributed by atoms with Gasteiger partial charge in [-0.15, -0.1) is 0 Å². The first-order valence-corrected chi connectivity index (χ1v) is 12.2. The Balaban J connectivity index is 1.39. The number of hydrogen-bond donors (Lipinski definition) is 6. The molecule has 4 aliphatic rings. The Hall–Kier alpha value is -3.72. The number of piperidine rings is 1. The van der Waals surface area contributed by atoms with Crippen LogP contribution in [0.15, 0.2) is 24.0 Å². The van der Waals surface area contributed by atoms with Crippen molar-refractivity contribution in [2.45, 2.75) is 67.2 Å². The molecule has 14 heteroatoms. The Labute approximate surface area is 220 Å². The number of carbonyl (C=O) groups excluding carboxylic acids is 2. The minimum absolute atomic E-state index is 0.0369. The number of ether oxygens (including phenoxy) is 3. The molecule has 0 radical (unpaired) electrons. The molecular weight excluding hydrogens is 522 g/mol. The van der Waals surface area contributed by atoms with E-state index in [1.54, 1.807) is 6.07 Å². The van der Waals surface area contributed by atoms with Gasteiger partial charge >= 0.3 is 23.9 Å². The van der Waals surface area contributed by atoms with Gasteiger partial charge in [0, 0.05) is 18.0 Å². The molecule has 210 valence electrons. The van der Waals surface area contributed by atoms with Crippen LogP contribution in [0.5, 0.6) is 11.5 Å². The van der Waals surface area contributed by atoms with E-state index in [1.807, 2.05) is 11.9 Å². The molecular formula is C25H27NO13. The summed E-state index contributed by atoms with van der Waals surface area (Å²) in [5, 5.41) is 60.8. The zero-order valence-corrected chi connectivity index (χ0v) is 20.6. The Morgan fingerprint density at radius 3 is 2.51 bits per heavy atom. The predicted octanol–water partition coefficient (Wildman–Crippen LogP) is -1.59. The molecule has 0 saturated carbocycles. The molecule has 7 atom stereocenters. The Kier molecular flexibility index (Phi) is 6.33. The van der Waals surface area contributed by atoms with Crippen molar-refractivity contribution < 1.29 is 64.0 Å². The molecule has 2 aliphatic carbocycles. The second-order valence-electron chi connectivity index (χ2n) is 10.3. The monoisotopic (exact) mass is 549 g/mol. The molecule has 2 bridgehead atoms. The lowest BCUT2D eigenvalue weighted by Crippen LogP contribution is -2.74. The molecule has 1 aromatic rings. The second-order valence-corrected chi connectivity index (χ2v) is 10.3. The summed E-state index contributed by atoms with van der Waals surface area (Å²) in [7, 11) is 1.90. The van der Waals surface area contributed by atoms with Crippen molar-refractivity contribution in [1.29, 1.82) is 0 Å². The molecule has 0 amide bonds. The number of phenolic OH excluding ortho intramolecular Hbond substituents is 1. The summed E-state index contributed by atoms with van der Waals surface area (Å²) in [5.74, 6) is -6.76. The maximum atomic E-state index is 12.8. The summed E-state index contributed by atoms with van der Waals surface area (Å²) in [6, 6.07) is 2.94. The minimum Gasteiger partial charge on any atom is -0.504 e. The van der Waals surface area contributed by atoms with E-state index >= 15 is 0 Å². The van der Waals surface area contributed by atoms with Gasteiger partial charge in [0.25, 0.3) is 0 Å². The number of likely N-dealkylation sites (N-methyl/N-ethyl adjacent to an activating group) is 1. The molecule has 1 aromatic carbocycles. The molecule has 1 spiro atoms. The highest BCUT2D eigenvalue weighted by molar-refractivity contribution is 5.88. The number of likely N-dealkylation sites (tertiary alicyclic amines) is 1. The van der Waals surface area contributed by atoms with Gasteiger partial charge in [-0.2, -0.15) is 0 Å². The third kappa shape index (κ3) is 3.85. The van der Waals surface area contributed by atoms with Crippen LogP contribution in [-0.4, -0.2) is 109 Å². The number of hydrogen-bond acceptors (Lipinski definition) is 12. The summed E-state index contributed by atoms with van der Waals surface area (Å²) >= 11 is 0. The second kappa shape index (κ2) is 9.19. The number of aliphatic hydroxyl groups is 3. The van der Waals surface area contributed by atoms with Crippen molar-refractivity contribution in [3.8, 4) is 11.5 Å². The zero-order valence-electron chi connectivity index (χ0n) is 20.6. The number of esters is 2. The van der Waals surface area contributed by atoms with Crippen LogP contribution >= 0.6 is 0 Å². The highest BCUT2D eigenvalue weighted by Gasteiger charge is 2.72. The summed E-state index contributed by atoms with van der Waals surface area (Å²) in [5.41, 5.74) is -0.940. The molecule has 14 nitrogen and oxygen atoms in total. The maximum absolute atomic E-state index is 12.8. The summed E-state index contributed by atoms with van der Waals surface area (Å²) in [6.07, 6.45) is -7.13. The normalized spacial score (nSPS) is 30.6. The number of benzene rings is 1. The van der Waals surface area contributed by atoms with Gasteiger partial charge < -0.3 is 49.7 Å². The van der Waals surface area contributed by atoms with Crippen LogP contribution in [0.2, 0.25) is 0 Å².